The first-order valence-electron chi connectivity index (χ1n) is 7.66. The zero-order chi connectivity index (χ0) is 16.2. The predicted octanol–water partition coefficient (Wildman–Crippen LogP) is 4.63. The molecule has 0 aliphatic carbocycles. The number of hydrogen-bond donors (Lipinski definition) is 1. The third-order valence-corrected chi connectivity index (χ3v) is 3.81. The average Bonchev–Trinajstić information content (AvgIpc) is 2.98. The van der Waals surface area contributed by atoms with Crippen LogP contribution in [0.2, 0.25) is 0 Å². The molecule has 1 unspecified atom stereocenters. The van der Waals surface area contributed by atoms with Crippen LogP contribution in [0.5, 0.6) is 0 Å². The SMILES string of the molecule is Cc1ccc(/C=C/C(=O)NC(C)c2cccc3ccccc23)o1. The van der Waals surface area contributed by atoms with Gasteiger partial charge in [-0.25, -0.2) is 0 Å². The minimum atomic E-state index is -0.139. The molecule has 1 heterocycles. The molecular weight excluding hydrogens is 286 g/mol. The standard InChI is InChI=1S/C20H19NO2/c1-14-10-11-17(23-14)12-13-20(22)21-15(2)18-9-5-7-16-6-3-4-8-19(16)18/h3-13,15H,1-2H3,(H,21,22)/b13-12+. The summed E-state index contributed by atoms with van der Waals surface area (Å²) < 4.78 is 5.41. The van der Waals surface area contributed by atoms with Gasteiger partial charge >= 0.3 is 0 Å². The molecule has 0 fully saturated rings. The molecule has 2 aromatic carbocycles. The summed E-state index contributed by atoms with van der Waals surface area (Å²) in [6, 6.07) is 18.0. The molecule has 23 heavy (non-hydrogen) atoms. The van der Waals surface area contributed by atoms with Crippen molar-refractivity contribution in [2.75, 3.05) is 0 Å². The Morgan fingerprint density at radius 1 is 1.09 bits per heavy atom. The molecule has 116 valence electrons. The Labute approximate surface area is 135 Å². The molecule has 0 aliphatic heterocycles. The van der Waals surface area contributed by atoms with Gasteiger partial charge in [0.25, 0.3) is 0 Å². The van der Waals surface area contributed by atoms with E-state index in [1.807, 2.05) is 50.2 Å². The fraction of sp³-hybridized carbons (Fsp3) is 0.150. The van der Waals surface area contributed by atoms with Gasteiger partial charge in [0.2, 0.25) is 5.91 Å². The molecule has 3 aromatic rings. The topological polar surface area (TPSA) is 42.2 Å². The maximum atomic E-state index is 12.1. The summed E-state index contributed by atoms with van der Waals surface area (Å²) in [4.78, 5) is 12.1. The van der Waals surface area contributed by atoms with Gasteiger partial charge in [0.1, 0.15) is 11.5 Å². The molecule has 1 atom stereocenters. The Morgan fingerprint density at radius 2 is 1.87 bits per heavy atom. The van der Waals surface area contributed by atoms with Gasteiger partial charge in [-0.1, -0.05) is 42.5 Å². The number of carbonyl (C=O) groups excluding carboxylic acids is 1. The number of aryl methyl sites for hydroxylation is 1. The minimum absolute atomic E-state index is 0.0726. The molecule has 1 N–H and O–H groups in total. The fourth-order valence-corrected chi connectivity index (χ4v) is 2.67. The van der Waals surface area contributed by atoms with Crippen molar-refractivity contribution in [3.05, 3.63) is 77.8 Å². The van der Waals surface area contributed by atoms with Crippen LogP contribution in [0.4, 0.5) is 0 Å². The highest BCUT2D eigenvalue weighted by atomic mass is 16.3. The van der Waals surface area contributed by atoms with Crippen LogP contribution < -0.4 is 5.32 Å². The van der Waals surface area contributed by atoms with E-state index in [-0.39, 0.29) is 11.9 Å². The highest BCUT2D eigenvalue weighted by Gasteiger charge is 2.10. The minimum Gasteiger partial charge on any atom is -0.462 e. The summed E-state index contributed by atoms with van der Waals surface area (Å²) in [5.41, 5.74) is 1.11. The van der Waals surface area contributed by atoms with Crippen LogP contribution in [0.1, 0.15) is 30.0 Å². The number of carbonyl (C=O) groups is 1. The summed E-state index contributed by atoms with van der Waals surface area (Å²) >= 11 is 0. The second kappa shape index (κ2) is 6.53. The van der Waals surface area contributed by atoms with Crippen molar-refractivity contribution in [3.8, 4) is 0 Å². The second-order valence-corrected chi connectivity index (χ2v) is 5.58. The Balaban J connectivity index is 1.74. The van der Waals surface area contributed by atoms with Crippen molar-refractivity contribution in [2.45, 2.75) is 19.9 Å². The van der Waals surface area contributed by atoms with Gasteiger partial charge < -0.3 is 9.73 Å². The van der Waals surface area contributed by atoms with Gasteiger partial charge in [0.15, 0.2) is 0 Å². The van der Waals surface area contributed by atoms with Crippen molar-refractivity contribution in [1.82, 2.24) is 5.32 Å². The first kappa shape index (κ1) is 15.1. The van der Waals surface area contributed by atoms with Crippen LogP contribution in [-0.2, 0) is 4.79 Å². The van der Waals surface area contributed by atoms with E-state index in [0.717, 1.165) is 16.7 Å². The number of fused-ring (bicyclic) bond motifs is 1. The smallest absolute Gasteiger partial charge is 0.244 e. The fourth-order valence-electron chi connectivity index (χ4n) is 2.67. The van der Waals surface area contributed by atoms with Crippen LogP contribution in [0.25, 0.3) is 16.8 Å². The van der Waals surface area contributed by atoms with Gasteiger partial charge in [-0.2, -0.15) is 0 Å². The van der Waals surface area contributed by atoms with E-state index in [2.05, 4.69) is 23.5 Å². The maximum absolute atomic E-state index is 12.1. The molecule has 3 heteroatoms. The number of nitrogens with one attached hydrogen (secondary N) is 1. The van der Waals surface area contributed by atoms with E-state index in [9.17, 15) is 4.79 Å². The number of benzene rings is 2. The monoisotopic (exact) mass is 305 g/mol. The van der Waals surface area contributed by atoms with E-state index in [1.165, 1.54) is 11.5 Å². The van der Waals surface area contributed by atoms with Gasteiger partial charge in [-0.3, -0.25) is 4.79 Å². The molecule has 0 bridgehead atoms. The van der Waals surface area contributed by atoms with E-state index in [4.69, 9.17) is 4.42 Å². The number of amides is 1. The Bertz CT molecular complexity index is 855. The Hall–Kier alpha value is -2.81. The summed E-state index contributed by atoms with van der Waals surface area (Å²) in [5.74, 6) is 1.36. The third kappa shape index (κ3) is 3.51. The zero-order valence-electron chi connectivity index (χ0n) is 13.2. The van der Waals surface area contributed by atoms with Gasteiger partial charge in [-0.15, -0.1) is 0 Å². The lowest BCUT2D eigenvalue weighted by Crippen LogP contribution is -2.24. The van der Waals surface area contributed by atoms with Gasteiger partial charge in [0.05, 0.1) is 6.04 Å². The van der Waals surface area contributed by atoms with Crippen LogP contribution in [0.15, 0.2) is 65.1 Å². The number of hydrogen-bond acceptors (Lipinski definition) is 2. The van der Waals surface area contributed by atoms with Crippen LogP contribution in [0.3, 0.4) is 0 Å². The second-order valence-electron chi connectivity index (χ2n) is 5.58. The van der Waals surface area contributed by atoms with E-state index < -0.39 is 0 Å². The first-order chi connectivity index (χ1) is 11.1. The lowest BCUT2D eigenvalue weighted by atomic mass is 10.00. The molecule has 3 nitrogen and oxygen atoms in total. The van der Waals surface area contributed by atoms with Crippen molar-refractivity contribution in [2.24, 2.45) is 0 Å². The number of furan rings is 1. The van der Waals surface area contributed by atoms with Crippen molar-refractivity contribution in [3.63, 3.8) is 0 Å². The molecule has 1 amide bonds. The summed E-state index contributed by atoms with van der Waals surface area (Å²) in [5, 5.41) is 5.33. The first-order valence-corrected chi connectivity index (χ1v) is 7.66. The van der Waals surface area contributed by atoms with Crippen molar-refractivity contribution >= 4 is 22.8 Å². The van der Waals surface area contributed by atoms with Gasteiger partial charge in [-0.05, 0) is 48.4 Å². The van der Waals surface area contributed by atoms with Crippen LogP contribution in [-0.4, -0.2) is 5.91 Å². The molecule has 3 rings (SSSR count). The summed E-state index contributed by atoms with van der Waals surface area (Å²) in [7, 11) is 0. The van der Waals surface area contributed by atoms with E-state index in [1.54, 1.807) is 6.08 Å². The Morgan fingerprint density at radius 3 is 2.65 bits per heavy atom. The Kier molecular flexibility index (Phi) is 4.29. The highest BCUT2D eigenvalue weighted by molar-refractivity contribution is 5.92. The molecule has 0 saturated carbocycles. The molecule has 1 aromatic heterocycles. The molecule has 0 aliphatic rings. The maximum Gasteiger partial charge on any atom is 0.244 e. The van der Waals surface area contributed by atoms with Crippen molar-refractivity contribution in [1.29, 1.82) is 0 Å². The van der Waals surface area contributed by atoms with Crippen LogP contribution in [0, 0.1) is 6.92 Å². The highest BCUT2D eigenvalue weighted by Crippen LogP contribution is 2.24. The predicted molar refractivity (Wildman–Crippen MR) is 93.0 cm³/mol. The molecular formula is C20H19NO2. The zero-order valence-corrected chi connectivity index (χ0v) is 13.2. The van der Waals surface area contributed by atoms with Crippen molar-refractivity contribution < 1.29 is 9.21 Å². The lowest BCUT2D eigenvalue weighted by Gasteiger charge is -2.15. The summed E-state index contributed by atoms with van der Waals surface area (Å²) in [6.45, 7) is 3.87. The third-order valence-electron chi connectivity index (χ3n) is 3.81. The number of rotatable bonds is 4. The largest absolute Gasteiger partial charge is 0.462 e. The van der Waals surface area contributed by atoms with Gasteiger partial charge in [0, 0.05) is 6.08 Å². The molecule has 0 saturated heterocycles. The summed E-state index contributed by atoms with van der Waals surface area (Å²) in [6.07, 6.45) is 3.18. The average molecular weight is 305 g/mol. The molecule has 0 spiro atoms. The normalized spacial score (nSPS) is 12.6. The van der Waals surface area contributed by atoms with Crippen LogP contribution >= 0.6 is 0 Å². The van der Waals surface area contributed by atoms with E-state index >= 15 is 0 Å². The van der Waals surface area contributed by atoms with E-state index in [0.29, 0.717) is 5.76 Å². The molecule has 0 radical (unpaired) electrons. The lowest BCUT2D eigenvalue weighted by molar-refractivity contribution is -0.117. The quantitative estimate of drug-likeness (QED) is 0.714.